The lowest BCUT2D eigenvalue weighted by Gasteiger charge is -2.21. The van der Waals surface area contributed by atoms with Crippen molar-refractivity contribution in [2.75, 3.05) is 14.1 Å². The molecule has 1 atom stereocenters. The molecular formula is C24H32N4O3S. The zero-order chi connectivity index (χ0) is 23.5. The van der Waals surface area contributed by atoms with E-state index in [9.17, 15) is 13.2 Å². The van der Waals surface area contributed by atoms with Crippen molar-refractivity contribution in [2.24, 2.45) is 13.0 Å². The minimum atomic E-state index is -3.53. The summed E-state index contributed by atoms with van der Waals surface area (Å²) in [5, 5.41) is 3.17. The number of nitrogens with one attached hydrogen (secondary N) is 1. The van der Waals surface area contributed by atoms with Gasteiger partial charge < -0.3 is 9.88 Å². The molecule has 0 saturated carbocycles. The lowest BCUT2D eigenvalue weighted by Crippen LogP contribution is -2.29. The molecule has 3 aromatic rings. The summed E-state index contributed by atoms with van der Waals surface area (Å²) in [7, 11) is 1.36. The van der Waals surface area contributed by atoms with E-state index in [4.69, 9.17) is 0 Å². The third-order valence-corrected chi connectivity index (χ3v) is 7.35. The SMILES string of the molecule is CC(C)C[C@H](NC(=O)CCc1nc2cc(S(=O)(=O)N(C)C)ccc2n1C)c1ccccc1. The highest BCUT2D eigenvalue weighted by atomic mass is 32.2. The van der Waals surface area contributed by atoms with Crippen LogP contribution in [-0.2, 0) is 28.3 Å². The van der Waals surface area contributed by atoms with E-state index in [1.165, 1.54) is 18.4 Å². The maximum absolute atomic E-state index is 12.7. The van der Waals surface area contributed by atoms with Gasteiger partial charge in [0.1, 0.15) is 5.82 Å². The highest BCUT2D eigenvalue weighted by Crippen LogP contribution is 2.23. The van der Waals surface area contributed by atoms with E-state index in [1.807, 2.05) is 41.9 Å². The van der Waals surface area contributed by atoms with Gasteiger partial charge in [-0.3, -0.25) is 4.79 Å². The molecule has 172 valence electrons. The fourth-order valence-electron chi connectivity index (χ4n) is 3.75. The van der Waals surface area contributed by atoms with Crippen LogP contribution in [0.1, 0.15) is 44.1 Å². The van der Waals surface area contributed by atoms with Gasteiger partial charge >= 0.3 is 0 Å². The second kappa shape index (κ2) is 9.83. The Labute approximate surface area is 190 Å². The van der Waals surface area contributed by atoms with Crippen molar-refractivity contribution in [3.8, 4) is 0 Å². The van der Waals surface area contributed by atoms with E-state index in [2.05, 4.69) is 24.1 Å². The van der Waals surface area contributed by atoms with E-state index >= 15 is 0 Å². The van der Waals surface area contributed by atoms with Crippen molar-refractivity contribution in [3.63, 3.8) is 0 Å². The van der Waals surface area contributed by atoms with Crippen LogP contribution in [0.3, 0.4) is 0 Å². The largest absolute Gasteiger partial charge is 0.349 e. The standard InChI is InChI=1S/C24H32N4O3S/c1-17(2)15-20(18-9-7-6-8-10-18)26-24(29)14-13-23-25-21-16-19(32(30,31)27(3)4)11-12-22(21)28(23)5/h6-12,16-17,20H,13-15H2,1-5H3,(H,26,29)/t20-/m0/s1. The minimum absolute atomic E-state index is 0.0251. The monoisotopic (exact) mass is 456 g/mol. The number of fused-ring (bicyclic) bond motifs is 1. The van der Waals surface area contributed by atoms with E-state index in [0.29, 0.717) is 24.3 Å². The number of rotatable bonds is 9. The molecule has 7 nitrogen and oxygen atoms in total. The molecule has 0 fully saturated rings. The van der Waals surface area contributed by atoms with Crippen molar-refractivity contribution in [1.82, 2.24) is 19.2 Å². The number of hydrogen-bond acceptors (Lipinski definition) is 4. The predicted octanol–water partition coefficient (Wildman–Crippen LogP) is 3.66. The van der Waals surface area contributed by atoms with Gasteiger partial charge in [-0.05, 0) is 36.1 Å². The number of sulfonamides is 1. The maximum atomic E-state index is 12.7. The van der Waals surface area contributed by atoms with Gasteiger partial charge in [0.15, 0.2) is 0 Å². The molecule has 1 N–H and O–H groups in total. The predicted molar refractivity (Wildman–Crippen MR) is 127 cm³/mol. The number of imidazole rings is 1. The molecular weight excluding hydrogens is 424 g/mol. The summed E-state index contributed by atoms with van der Waals surface area (Å²) < 4.78 is 27.9. The summed E-state index contributed by atoms with van der Waals surface area (Å²) in [6.07, 6.45) is 1.64. The summed E-state index contributed by atoms with van der Waals surface area (Å²) in [5.74, 6) is 1.17. The maximum Gasteiger partial charge on any atom is 0.242 e. The van der Waals surface area contributed by atoms with Gasteiger partial charge in [-0.2, -0.15) is 0 Å². The van der Waals surface area contributed by atoms with Gasteiger partial charge in [-0.1, -0.05) is 44.2 Å². The second-order valence-electron chi connectivity index (χ2n) is 8.69. The van der Waals surface area contributed by atoms with Crippen molar-refractivity contribution in [3.05, 3.63) is 59.9 Å². The molecule has 0 aliphatic carbocycles. The number of benzene rings is 2. The van der Waals surface area contributed by atoms with Crippen LogP contribution in [-0.4, -0.2) is 42.3 Å². The first-order valence-electron chi connectivity index (χ1n) is 10.8. The smallest absolute Gasteiger partial charge is 0.242 e. The molecule has 0 radical (unpaired) electrons. The molecule has 0 aliphatic rings. The summed E-state index contributed by atoms with van der Waals surface area (Å²) >= 11 is 0. The number of carbonyl (C=O) groups excluding carboxylic acids is 1. The Hall–Kier alpha value is -2.71. The average Bonchev–Trinajstić information content (AvgIpc) is 3.07. The summed E-state index contributed by atoms with van der Waals surface area (Å²) in [6.45, 7) is 4.29. The quantitative estimate of drug-likeness (QED) is 0.533. The first kappa shape index (κ1) is 23.9. The van der Waals surface area contributed by atoms with Crippen molar-refractivity contribution in [2.45, 2.75) is 44.0 Å². The fourth-order valence-corrected chi connectivity index (χ4v) is 4.67. The molecule has 1 heterocycles. The summed E-state index contributed by atoms with van der Waals surface area (Å²) in [4.78, 5) is 17.5. The second-order valence-corrected chi connectivity index (χ2v) is 10.8. The summed E-state index contributed by atoms with van der Waals surface area (Å²) in [5.41, 5.74) is 2.54. The normalized spacial score (nSPS) is 13.1. The van der Waals surface area contributed by atoms with Crippen molar-refractivity contribution < 1.29 is 13.2 Å². The van der Waals surface area contributed by atoms with Crippen LogP contribution in [0.4, 0.5) is 0 Å². The molecule has 3 rings (SSSR count). The van der Waals surface area contributed by atoms with E-state index in [0.717, 1.165) is 23.3 Å². The number of hydrogen-bond donors (Lipinski definition) is 1. The highest BCUT2D eigenvalue weighted by molar-refractivity contribution is 7.89. The van der Waals surface area contributed by atoms with Gasteiger partial charge in [0, 0.05) is 34.0 Å². The van der Waals surface area contributed by atoms with Gasteiger partial charge in [-0.15, -0.1) is 0 Å². The lowest BCUT2D eigenvalue weighted by molar-refractivity contribution is -0.121. The number of aryl methyl sites for hydroxylation is 2. The molecule has 0 bridgehead atoms. The van der Waals surface area contributed by atoms with Crippen LogP contribution in [0, 0.1) is 5.92 Å². The number of amides is 1. The molecule has 0 spiro atoms. The fraction of sp³-hybridized carbons (Fsp3) is 0.417. The zero-order valence-corrected chi connectivity index (χ0v) is 20.2. The first-order valence-corrected chi connectivity index (χ1v) is 12.3. The van der Waals surface area contributed by atoms with Gasteiger partial charge in [0.05, 0.1) is 22.0 Å². The Kier molecular flexibility index (Phi) is 7.36. The Bertz CT molecular complexity index is 1180. The highest BCUT2D eigenvalue weighted by Gasteiger charge is 2.20. The molecule has 1 amide bonds. The van der Waals surface area contributed by atoms with Crippen LogP contribution in [0.25, 0.3) is 11.0 Å². The number of aromatic nitrogens is 2. The van der Waals surface area contributed by atoms with E-state index < -0.39 is 10.0 Å². The summed E-state index contributed by atoms with van der Waals surface area (Å²) in [6, 6.07) is 14.9. The zero-order valence-electron chi connectivity index (χ0n) is 19.4. The number of carbonyl (C=O) groups is 1. The minimum Gasteiger partial charge on any atom is -0.349 e. The Morgan fingerprint density at radius 1 is 1.12 bits per heavy atom. The van der Waals surface area contributed by atoms with Crippen LogP contribution in [0.2, 0.25) is 0 Å². The van der Waals surface area contributed by atoms with Crippen LogP contribution >= 0.6 is 0 Å². The molecule has 8 heteroatoms. The Morgan fingerprint density at radius 2 is 1.81 bits per heavy atom. The van der Waals surface area contributed by atoms with Crippen LogP contribution in [0.15, 0.2) is 53.4 Å². The third kappa shape index (κ3) is 5.37. The van der Waals surface area contributed by atoms with Crippen LogP contribution < -0.4 is 5.32 Å². The Balaban J connectivity index is 1.73. The average molecular weight is 457 g/mol. The lowest BCUT2D eigenvalue weighted by atomic mass is 9.97. The molecule has 2 aromatic carbocycles. The van der Waals surface area contributed by atoms with Gasteiger partial charge in [0.25, 0.3) is 0 Å². The topological polar surface area (TPSA) is 84.3 Å². The van der Waals surface area contributed by atoms with Crippen molar-refractivity contribution in [1.29, 1.82) is 0 Å². The van der Waals surface area contributed by atoms with E-state index in [1.54, 1.807) is 18.2 Å². The van der Waals surface area contributed by atoms with Gasteiger partial charge in [0.2, 0.25) is 15.9 Å². The molecule has 32 heavy (non-hydrogen) atoms. The van der Waals surface area contributed by atoms with Crippen molar-refractivity contribution >= 4 is 27.0 Å². The molecule has 1 aromatic heterocycles. The molecule has 0 saturated heterocycles. The molecule has 0 aliphatic heterocycles. The first-order chi connectivity index (χ1) is 15.1. The number of nitrogens with zero attached hydrogens (tertiary/aromatic N) is 3. The van der Waals surface area contributed by atoms with E-state index in [-0.39, 0.29) is 16.8 Å². The molecule has 0 unspecified atom stereocenters. The van der Waals surface area contributed by atoms with Crippen LogP contribution in [0.5, 0.6) is 0 Å². The Morgan fingerprint density at radius 3 is 2.44 bits per heavy atom. The third-order valence-electron chi connectivity index (χ3n) is 5.54. The van der Waals surface area contributed by atoms with Gasteiger partial charge in [-0.25, -0.2) is 17.7 Å².